The van der Waals surface area contributed by atoms with E-state index in [0.29, 0.717) is 0 Å². The average Bonchev–Trinajstić information content (AvgIpc) is 2.30. The molecule has 1 aromatic rings. The van der Waals surface area contributed by atoms with Gasteiger partial charge in [-0.05, 0) is 37.5 Å². The van der Waals surface area contributed by atoms with Crippen molar-refractivity contribution >= 4 is 15.9 Å². The Hall–Kier alpha value is -0.540. The molecule has 0 fully saturated rings. The molecular weight excluding hydrogens is 278 g/mol. The lowest BCUT2D eigenvalue weighted by Gasteiger charge is -2.21. The highest BCUT2D eigenvalue weighted by atomic mass is 79.9. The van der Waals surface area contributed by atoms with Crippen LogP contribution in [0.5, 0.6) is 5.75 Å². The molecule has 0 aliphatic carbocycles. The number of hydrogen-bond donors (Lipinski definition) is 1. The number of unbranched alkanes of at least 4 members (excludes halogenated alkanes) is 1. The van der Waals surface area contributed by atoms with Crippen LogP contribution in [0.4, 0.5) is 0 Å². The van der Waals surface area contributed by atoms with Gasteiger partial charge in [-0.25, -0.2) is 0 Å². The van der Waals surface area contributed by atoms with Gasteiger partial charge in [0, 0.05) is 16.1 Å². The Morgan fingerprint density at radius 2 is 2.06 bits per heavy atom. The van der Waals surface area contributed by atoms with Crippen LogP contribution < -0.4 is 10.5 Å². The molecule has 0 saturated heterocycles. The standard InChI is InChI=1S/C14H22BrNO/c1-5-6-7-12(16)13-10(3)11(15)8-9(2)14(13)17-4/h8,12H,5-7,16H2,1-4H3. The van der Waals surface area contributed by atoms with Gasteiger partial charge in [0.1, 0.15) is 5.75 Å². The van der Waals surface area contributed by atoms with Crippen molar-refractivity contribution in [3.63, 3.8) is 0 Å². The van der Waals surface area contributed by atoms with Gasteiger partial charge in [0.2, 0.25) is 0 Å². The van der Waals surface area contributed by atoms with Gasteiger partial charge >= 0.3 is 0 Å². The first-order valence-corrected chi connectivity index (χ1v) is 6.91. The summed E-state index contributed by atoms with van der Waals surface area (Å²) in [6, 6.07) is 2.14. The highest BCUT2D eigenvalue weighted by molar-refractivity contribution is 9.10. The molecule has 0 aliphatic heterocycles. The van der Waals surface area contributed by atoms with Crippen LogP contribution in [0, 0.1) is 13.8 Å². The predicted molar refractivity (Wildman–Crippen MR) is 76.6 cm³/mol. The van der Waals surface area contributed by atoms with E-state index >= 15 is 0 Å². The topological polar surface area (TPSA) is 35.2 Å². The summed E-state index contributed by atoms with van der Waals surface area (Å²) in [6.45, 7) is 6.33. The van der Waals surface area contributed by atoms with E-state index in [1.165, 1.54) is 12.0 Å². The van der Waals surface area contributed by atoms with Crippen molar-refractivity contribution in [1.82, 2.24) is 0 Å². The van der Waals surface area contributed by atoms with E-state index in [0.717, 1.165) is 34.2 Å². The van der Waals surface area contributed by atoms with Crippen LogP contribution in [0.1, 0.15) is 48.9 Å². The van der Waals surface area contributed by atoms with Crippen molar-refractivity contribution in [3.05, 3.63) is 27.2 Å². The fourth-order valence-electron chi connectivity index (χ4n) is 2.16. The number of ether oxygens (including phenoxy) is 1. The molecule has 0 bridgehead atoms. The number of aryl methyl sites for hydroxylation is 1. The van der Waals surface area contributed by atoms with E-state index in [1.54, 1.807) is 7.11 Å². The van der Waals surface area contributed by atoms with Crippen LogP contribution in [-0.2, 0) is 0 Å². The number of hydrogen-bond acceptors (Lipinski definition) is 2. The first kappa shape index (κ1) is 14.5. The van der Waals surface area contributed by atoms with Crippen LogP contribution in [0.3, 0.4) is 0 Å². The van der Waals surface area contributed by atoms with Gasteiger partial charge in [-0.15, -0.1) is 0 Å². The summed E-state index contributed by atoms with van der Waals surface area (Å²) < 4.78 is 6.62. The second kappa shape index (κ2) is 6.41. The van der Waals surface area contributed by atoms with Gasteiger partial charge in [0.05, 0.1) is 7.11 Å². The van der Waals surface area contributed by atoms with Crippen molar-refractivity contribution in [2.45, 2.75) is 46.1 Å². The molecule has 0 aromatic heterocycles. The molecular formula is C14H22BrNO. The molecule has 0 saturated carbocycles. The summed E-state index contributed by atoms with van der Waals surface area (Å²) in [5, 5.41) is 0. The van der Waals surface area contributed by atoms with E-state index in [4.69, 9.17) is 10.5 Å². The summed E-state index contributed by atoms with van der Waals surface area (Å²) in [4.78, 5) is 0. The van der Waals surface area contributed by atoms with E-state index < -0.39 is 0 Å². The molecule has 96 valence electrons. The lowest BCUT2D eigenvalue weighted by Crippen LogP contribution is -2.14. The summed E-state index contributed by atoms with van der Waals surface area (Å²) in [7, 11) is 1.71. The Morgan fingerprint density at radius 1 is 1.41 bits per heavy atom. The number of nitrogens with two attached hydrogens (primary N) is 1. The van der Waals surface area contributed by atoms with Crippen molar-refractivity contribution in [2.75, 3.05) is 7.11 Å². The zero-order valence-electron chi connectivity index (χ0n) is 11.1. The van der Waals surface area contributed by atoms with Crippen LogP contribution >= 0.6 is 15.9 Å². The fourth-order valence-corrected chi connectivity index (χ4v) is 2.72. The maximum Gasteiger partial charge on any atom is 0.126 e. The first-order chi connectivity index (χ1) is 8.02. The van der Waals surface area contributed by atoms with E-state index in [9.17, 15) is 0 Å². The zero-order chi connectivity index (χ0) is 13.0. The number of rotatable bonds is 5. The number of methoxy groups -OCH3 is 1. The highest BCUT2D eigenvalue weighted by Crippen LogP contribution is 2.36. The molecule has 1 aromatic carbocycles. The molecule has 0 heterocycles. The highest BCUT2D eigenvalue weighted by Gasteiger charge is 2.18. The summed E-state index contributed by atoms with van der Waals surface area (Å²) >= 11 is 3.59. The average molecular weight is 300 g/mol. The minimum atomic E-state index is 0.0566. The first-order valence-electron chi connectivity index (χ1n) is 6.12. The monoisotopic (exact) mass is 299 g/mol. The number of halogens is 1. The largest absolute Gasteiger partial charge is 0.496 e. The fraction of sp³-hybridized carbons (Fsp3) is 0.571. The molecule has 3 heteroatoms. The Labute approximate surface area is 113 Å². The van der Waals surface area contributed by atoms with Gasteiger partial charge in [-0.1, -0.05) is 35.7 Å². The quantitative estimate of drug-likeness (QED) is 0.881. The van der Waals surface area contributed by atoms with Crippen molar-refractivity contribution in [2.24, 2.45) is 5.73 Å². The van der Waals surface area contributed by atoms with E-state index in [-0.39, 0.29) is 6.04 Å². The lowest BCUT2D eigenvalue weighted by atomic mass is 9.94. The Morgan fingerprint density at radius 3 is 2.59 bits per heavy atom. The van der Waals surface area contributed by atoms with Crippen molar-refractivity contribution in [1.29, 1.82) is 0 Å². The van der Waals surface area contributed by atoms with Crippen LogP contribution in [0.15, 0.2) is 10.5 Å². The third-order valence-corrected chi connectivity index (χ3v) is 3.98. The maximum absolute atomic E-state index is 6.30. The molecule has 0 amide bonds. The van der Waals surface area contributed by atoms with Crippen LogP contribution in [0.2, 0.25) is 0 Å². The summed E-state index contributed by atoms with van der Waals surface area (Å²) in [5.74, 6) is 0.939. The minimum absolute atomic E-state index is 0.0566. The predicted octanol–water partition coefficient (Wildman–Crippen LogP) is 4.26. The second-order valence-corrected chi connectivity index (χ2v) is 5.35. The van der Waals surface area contributed by atoms with Gasteiger partial charge in [-0.3, -0.25) is 0 Å². The van der Waals surface area contributed by atoms with Crippen molar-refractivity contribution in [3.8, 4) is 5.75 Å². The molecule has 0 aliphatic rings. The zero-order valence-corrected chi connectivity index (χ0v) is 12.7. The summed E-state index contributed by atoms with van der Waals surface area (Å²) in [5.41, 5.74) is 9.76. The summed E-state index contributed by atoms with van der Waals surface area (Å²) in [6.07, 6.45) is 3.32. The Kier molecular flexibility index (Phi) is 5.47. The van der Waals surface area contributed by atoms with Crippen molar-refractivity contribution < 1.29 is 4.74 Å². The third kappa shape index (κ3) is 3.23. The molecule has 1 atom stereocenters. The maximum atomic E-state index is 6.30. The SMILES string of the molecule is CCCCC(N)c1c(C)c(Br)cc(C)c1OC. The normalized spacial score (nSPS) is 12.6. The van der Waals surface area contributed by atoms with E-state index in [1.807, 2.05) is 0 Å². The number of benzene rings is 1. The van der Waals surface area contributed by atoms with E-state index in [2.05, 4.69) is 42.8 Å². The van der Waals surface area contributed by atoms with Gasteiger partial charge in [0.25, 0.3) is 0 Å². The minimum Gasteiger partial charge on any atom is -0.496 e. The Bertz CT molecular complexity index is 390. The Balaban J connectivity index is 3.19. The smallest absolute Gasteiger partial charge is 0.126 e. The molecule has 2 N–H and O–H groups in total. The molecule has 17 heavy (non-hydrogen) atoms. The lowest BCUT2D eigenvalue weighted by molar-refractivity contribution is 0.399. The molecule has 1 unspecified atom stereocenters. The molecule has 0 spiro atoms. The third-order valence-electron chi connectivity index (χ3n) is 3.15. The molecule has 2 nitrogen and oxygen atoms in total. The van der Waals surface area contributed by atoms with Crippen LogP contribution in [-0.4, -0.2) is 7.11 Å². The second-order valence-electron chi connectivity index (χ2n) is 4.50. The molecule has 1 rings (SSSR count). The van der Waals surface area contributed by atoms with Gasteiger partial charge < -0.3 is 10.5 Å². The van der Waals surface area contributed by atoms with Gasteiger partial charge in [0.15, 0.2) is 0 Å². The molecule has 0 radical (unpaired) electrons. The van der Waals surface area contributed by atoms with Crippen LogP contribution in [0.25, 0.3) is 0 Å². The van der Waals surface area contributed by atoms with Gasteiger partial charge in [-0.2, -0.15) is 0 Å².